The van der Waals surface area contributed by atoms with Crippen LogP contribution in [0.15, 0.2) is 34.1 Å². The van der Waals surface area contributed by atoms with Crippen LogP contribution in [0.4, 0.5) is 0 Å². The van der Waals surface area contributed by atoms with E-state index in [1.54, 1.807) is 23.9 Å². The fraction of sp³-hybridized carbons (Fsp3) is 0.500. The minimum Gasteiger partial charge on any atom is -0.396 e. The molecule has 1 aromatic carbocycles. The summed E-state index contributed by atoms with van der Waals surface area (Å²) >= 11 is 1.64. The molecule has 0 bridgehead atoms. The summed E-state index contributed by atoms with van der Waals surface area (Å²) in [5.74, 6) is 0.843. The van der Waals surface area contributed by atoms with Gasteiger partial charge in [0.1, 0.15) is 0 Å². The minimum absolute atomic E-state index is 0.166. The maximum absolute atomic E-state index is 11.3. The van der Waals surface area contributed by atoms with E-state index in [0.29, 0.717) is 11.3 Å². The van der Waals surface area contributed by atoms with E-state index in [-0.39, 0.29) is 12.6 Å². The van der Waals surface area contributed by atoms with Crippen LogP contribution >= 0.6 is 11.8 Å². The van der Waals surface area contributed by atoms with E-state index in [1.807, 2.05) is 19.2 Å². The summed E-state index contributed by atoms with van der Waals surface area (Å²) in [4.78, 5) is 1.37. The molecule has 0 amide bonds. The monoisotopic (exact) mass is 289 g/mol. The quantitative estimate of drug-likeness (QED) is 0.737. The molecule has 2 N–H and O–H groups in total. The van der Waals surface area contributed by atoms with E-state index in [1.165, 1.54) is 6.26 Å². The molecule has 4 nitrogen and oxygen atoms in total. The number of nitrogens with one attached hydrogen (secondary N) is 1. The van der Waals surface area contributed by atoms with Crippen molar-refractivity contribution >= 4 is 21.6 Å². The van der Waals surface area contributed by atoms with Crippen LogP contribution in [0.2, 0.25) is 0 Å². The molecule has 0 fully saturated rings. The summed E-state index contributed by atoms with van der Waals surface area (Å²) in [5, 5.41) is 12.0. The Hall–Kier alpha value is -0.560. The first-order valence-electron chi connectivity index (χ1n) is 5.68. The van der Waals surface area contributed by atoms with Gasteiger partial charge in [-0.2, -0.15) is 0 Å². The van der Waals surface area contributed by atoms with Crippen molar-refractivity contribution in [3.05, 3.63) is 24.3 Å². The van der Waals surface area contributed by atoms with Gasteiger partial charge in [-0.25, -0.2) is 8.42 Å². The highest BCUT2D eigenvalue weighted by Crippen LogP contribution is 2.21. The average molecular weight is 289 g/mol. The fourth-order valence-electron chi connectivity index (χ4n) is 1.45. The summed E-state index contributed by atoms with van der Waals surface area (Å²) in [6.07, 6.45) is 1.92. The minimum atomic E-state index is -3.12. The number of hydrogen-bond donors (Lipinski definition) is 2. The smallest absolute Gasteiger partial charge is 0.175 e. The van der Waals surface area contributed by atoms with Gasteiger partial charge in [0.2, 0.25) is 0 Å². The summed E-state index contributed by atoms with van der Waals surface area (Å²) in [5.41, 5.74) is 0. The van der Waals surface area contributed by atoms with E-state index >= 15 is 0 Å². The first-order valence-corrected chi connectivity index (χ1v) is 8.56. The van der Waals surface area contributed by atoms with Gasteiger partial charge in [0, 0.05) is 29.6 Å². The van der Waals surface area contributed by atoms with Crippen molar-refractivity contribution in [1.29, 1.82) is 0 Å². The summed E-state index contributed by atoms with van der Waals surface area (Å²) < 4.78 is 22.6. The predicted octanol–water partition coefficient (Wildman–Crippen LogP) is 1.15. The Labute approximate surface area is 113 Å². The molecule has 0 saturated carbocycles. The number of sulfone groups is 1. The summed E-state index contributed by atoms with van der Waals surface area (Å²) in [6.45, 7) is 0.166. The highest BCUT2D eigenvalue weighted by molar-refractivity contribution is 7.99. The van der Waals surface area contributed by atoms with Gasteiger partial charge in [-0.1, -0.05) is 0 Å². The first kappa shape index (κ1) is 15.5. The molecule has 1 aromatic rings. The van der Waals surface area contributed by atoms with Gasteiger partial charge in [0.15, 0.2) is 9.84 Å². The molecule has 1 unspecified atom stereocenters. The molecule has 0 aliphatic heterocycles. The second kappa shape index (κ2) is 7.13. The molecular formula is C12H19NO3S2. The lowest BCUT2D eigenvalue weighted by Crippen LogP contribution is -2.28. The normalized spacial score (nSPS) is 13.5. The van der Waals surface area contributed by atoms with Gasteiger partial charge in [0.25, 0.3) is 0 Å². The van der Waals surface area contributed by atoms with Crippen LogP contribution in [0, 0.1) is 0 Å². The van der Waals surface area contributed by atoms with E-state index in [9.17, 15) is 8.42 Å². The Balaban J connectivity index is 2.59. The van der Waals surface area contributed by atoms with Crippen LogP contribution in [0.25, 0.3) is 0 Å². The van der Waals surface area contributed by atoms with Gasteiger partial charge >= 0.3 is 0 Å². The van der Waals surface area contributed by atoms with E-state index in [0.717, 1.165) is 10.6 Å². The lowest BCUT2D eigenvalue weighted by molar-refractivity contribution is 0.273. The maximum Gasteiger partial charge on any atom is 0.175 e. The second-order valence-electron chi connectivity index (χ2n) is 4.05. The molecule has 6 heteroatoms. The molecule has 18 heavy (non-hydrogen) atoms. The zero-order chi connectivity index (χ0) is 13.6. The van der Waals surface area contributed by atoms with Crippen molar-refractivity contribution in [1.82, 2.24) is 5.32 Å². The van der Waals surface area contributed by atoms with Crippen LogP contribution in [-0.2, 0) is 9.84 Å². The van der Waals surface area contributed by atoms with Crippen molar-refractivity contribution in [2.75, 3.05) is 25.7 Å². The zero-order valence-electron chi connectivity index (χ0n) is 10.6. The molecule has 0 aliphatic rings. The van der Waals surface area contributed by atoms with Crippen LogP contribution in [0.3, 0.4) is 0 Å². The van der Waals surface area contributed by atoms with Crippen molar-refractivity contribution < 1.29 is 13.5 Å². The van der Waals surface area contributed by atoms with Crippen LogP contribution in [-0.4, -0.2) is 45.2 Å². The zero-order valence-corrected chi connectivity index (χ0v) is 12.2. The maximum atomic E-state index is 11.3. The summed E-state index contributed by atoms with van der Waals surface area (Å²) in [6, 6.07) is 7.13. The lowest BCUT2D eigenvalue weighted by atomic mass is 10.2. The van der Waals surface area contributed by atoms with Crippen LogP contribution < -0.4 is 5.32 Å². The average Bonchev–Trinajstić information content (AvgIpc) is 2.34. The molecular weight excluding hydrogens is 270 g/mol. The van der Waals surface area contributed by atoms with Crippen molar-refractivity contribution in [3.63, 3.8) is 0 Å². The van der Waals surface area contributed by atoms with Crippen molar-refractivity contribution in [2.45, 2.75) is 22.3 Å². The third-order valence-corrected chi connectivity index (χ3v) is 4.89. The lowest BCUT2D eigenvalue weighted by Gasteiger charge is -2.14. The standard InChI is InChI=1S/C12H19NO3S2/c1-13-10(7-8-14)9-17-11-3-5-12(6-4-11)18(2,15)16/h3-6,10,13-14H,7-9H2,1-2H3. The van der Waals surface area contributed by atoms with Gasteiger partial charge in [-0.3, -0.25) is 0 Å². The summed E-state index contributed by atoms with van der Waals surface area (Å²) in [7, 11) is -1.25. The van der Waals surface area contributed by atoms with E-state index in [4.69, 9.17) is 5.11 Å². The Morgan fingerprint density at radius 1 is 1.33 bits per heavy atom. The van der Waals surface area contributed by atoms with Crippen molar-refractivity contribution in [2.24, 2.45) is 0 Å². The Bertz CT molecular complexity index is 457. The van der Waals surface area contributed by atoms with E-state index < -0.39 is 9.84 Å². The number of hydrogen-bond acceptors (Lipinski definition) is 5. The van der Waals surface area contributed by atoms with Crippen LogP contribution in [0.1, 0.15) is 6.42 Å². The Kier molecular flexibility index (Phi) is 6.14. The SMILES string of the molecule is CNC(CCO)CSc1ccc(S(C)(=O)=O)cc1. The number of rotatable bonds is 7. The molecule has 0 aliphatic carbocycles. The molecule has 0 heterocycles. The second-order valence-corrected chi connectivity index (χ2v) is 7.16. The molecule has 1 atom stereocenters. The number of aliphatic hydroxyl groups excluding tert-OH is 1. The molecule has 0 spiro atoms. The third kappa shape index (κ3) is 4.97. The highest BCUT2D eigenvalue weighted by atomic mass is 32.2. The predicted molar refractivity (Wildman–Crippen MR) is 74.8 cm³/mol. The molecule has 1 rings (SSSR count). The van der Waals surface area contributed by atoms with Gasteiger partial charge in [0.05, 0.1) is 4.90 Å². The number of benzene rings is 1. The number of aliphatic hydroxyl groups is 1. The van der Waals surface area contributed by atoms with Gasteiger partial charge < -0.3 is 10.4 Å². The largest absolute Gasteiger partial charge is 0.396 e. The van der Waals surface area contributed by atoms with E-state index in [2.05, 4.69) is 5.32 Å². The third-order valence-electron chi connectivity index (χ3n) is 2.59. The van der Waals surface area contributed by atoms with Crippen molar-refractivity contribution in [3.8, 4) is 0 Å². The topological polar surface area (TPSA) is 66.4 Å². The Morgan fingerprint density at radius 3 is 2.39 bits per heavy atom. The van der Waals surface area contributed by atoms with Gasteiger partial charge in [-0.05, 0) is 37.7 Å². The molecule has 0 aromatic heterocycles. The molecule has 0 saturated heterocycles. The number of thioether (sulfide) groups is 1. The fourth-order valence-corrected chi connectivity index (χ4v) is 3.13. The molecule has 102 valence electrons. The Morgan fingerprint density at radius 2 is 1.94 bits per heavy atom. The van der Waals surface area contributed by atoms with Gasteiger partial charge in [-0.15, -0.1) is 11.8 Å². The highest BCUT2D eigenvalue weighted by Gasteiger charge is 2.08. The van der Waals surface area contributed by atoms with Crippen LogP contribution in [0.5, 0.6) is 0 Å². The molecule has 0 radical (unpaired) electrons. The first-order chi connectivity index (χ1) is 8.47.